The number of esters is 1. The first-order valence-electron chi connectivity index (χ1n) is 9.75. The van der Waals surface area contributed by atoms with Crippen molar-refractivity contribution in [2.24, 2.45) is 0 Å². The fraction of sp³-hybridized carbons (Fsp3) is 0.476. The minimum Gasteiger partial charge on any atom is -0.463 e. The van der Waals surface area contributed by atoms with E-state index < -0.39 is 29.4 Å². The number of rotatable bonds is 11. The van der Waals surface area contributed by atoms with Crippen LogP contribution in [0.5, 0.6) is 0 Å². The van der Waals surface area contributed by atoms with Crippen molar-refractivity contribution >= 4 is 34.5 Å². The van der Waals surface area contributed by atoms with Crippen molar-refractivity contribution in [2.75, 3.05) is 20.2 Å². The normalized spacial score (nSPS) is 11.8. The van der Waals surface area contributed by atoms with Gasteiger partial charge in [0.25, 0.3) is 11.7 Å². The van der Waals surface area contributed by atoms with Gasteiger partial charge in [-0.05, 0) is 25.0 Å². The van der Waals surface area contributed by atoms with E-state index >= 15 is 0 Å². The Balaban J connectivity index is 2.40. The molecule has 0 aliphatic rings. The smallest absolute Gasteiger partial charge is 0.375 e. The molecule has 2 rings (SSSR count). The molecule has 0 bridgehead atoms. The van der Waals surface area contributed by atoms with Gasteiger partial charge in [-0.2, -0.15) is 0 Å². The maximum Gasteiger partial charge on any atom is 0.375 e. The average Bonchev–Trinajstić information content (AvgIpc) is 3.16. The van der Waals surface area contributed by atoms with E-state index in [0.29, 0.717) is 24.2 Å². The molecule has 1 heterocycles. The summed E-state index contributed by atoms with van der Waals surface area (Å²) in [6.07, 6.45) is 3.14. The summed E-state index contributed by atoms with van der Waals surface area (Å²) in [6.45, 7) is 4.75. The number of carbonyl (C=O) groups is 4. The second-order valence-electron chi connectivity index (χ2n) is 6.67. The summed E-state index contributed by atoms with van der Waals surface area (Å²) in [7, 11) is 1.03. The predicted molar refractivity (Wildman–Crippen MR) is 105 cm³/mol. The summed E-state index contributed by atoms with van der Waals surface area (Å²) in [6, 6.07) is 6.68. The molecular weight excluding hydrogens is 376 g/mol. The first-order chi connectivity index (χ1) is 13.9. The minimum atomic E-state index is -1.77. The van der Waals surface area contributed by atoms with Crippen LogP contribution in [0.3, 0.4) is 0 Å². The standard InChI is InChI=1S/C21H26N2O6/c1-4-6-12-23(13-7-5-2)20(26)17(24)16(18(25)21(27)28-3)19-22-14-10-8-9-11-15(14)29-19/h8-11,16H,4-7,12-13H2,1-3H3/t16-/m1/s1. The van der Waals surface area contributed by atoms with Crippen LogP contribution in [0.15, 0.2) is 28.7 Å². The maximum atomic E-state index is 13.0. The van der Waals surface area contributed by atoms with Gasteiger partial charge in [0, 0.05) is 13.1 Å². The third-order valence-corrected chi connectivity index (χ3v) is 4.53. The SMILES string of the molecule is CCCCN(CCCC)C(=O)C(=O)[C@H](C(=O)C(=O)OC)c1nc2ccccc2o1. The second kappa shape index (κ2) is 10.5. The molecular formula is C21H26N2O6. The lowest BCUT2D eigenvalue weighted by Gasteiger charge is -2.22. The number of Topliss-reactive ketones (excluding diaryl/α,β-unsaturated/α-hetero) is 2. The zero-order chi connectivity index (χ0) is 21.4. The second-order valence-corrected chi connectivity index (χ2v) is 6.67. The molecule has 0 spiro atoms. The Bertz CT molecular complexity index is 847. The van der Waals surface area contributed by atoms with Gasteiger partial charge in [0.05, 0.1) is 7.11 Å². The lowest BCUT2D eigenvalue weighted by atomic mass is 9.97. The lowest BCUT2D eigenvalue weighted by Crippen LogP contribution is -2.43. The molecule has 0 aliphatic heterocycles. The minimum absolute atomic E-state index is 0.286. The van der Waals surface area contributed by atoms with Crippen LogP contribution in [-0.4, -0.2) is 53.5 Å². The van der Waals surface area contributed by atoms with Gasteiger partial charge in [-0.15, -0.1) is 0 Å². The van der Waals surface area contributed by atoms with E-state index in [1.54, 1.807) is 24.3 Å². The number of benzene rings is 1. The zero-order valence-electron chi connectivity index (χ0n) is 17.0. The first kappa shape index (κ1) is 22.3. The fourth-order valence-electron chi connectivity index (χ4n) is 2.87. The number of aromatic nitrogens is 1. The van der Waals surface area contributed by atoms with Crippen LogP contribution in [0.25, 0.3) is 11.1 Å². The Hall–Kier alpha value is -3.03. The van der Waals surface area contributed by atoms with E-state index in [-0.39, 0.29) is 5.89 Å². The Morgan fingerprint density at radius 2 is 1.66 bits per heavy atom. The van der Waals surface area contributed by atoms with E-state index in [1.807, 2.05) is 13.8 Å². The molecule has 156 valence electrons. The number of unbranched alkanes of at least 4 members (excludes halogenated alkanes) is 2. The highest BCUT2D eigenvalue weighted by Crippen LogP contribution is 2.24. The van der Waals surface area contributed by atoms with Crippen LogP contribution in [0, 0.1) is 0 Å². The van der Waals surface area contributed by atoms with Gasteiger partial charge in [-0.25, -0.2) is 9.78 Å². The van der Waals surface area contributed by atoms with Crippen molar-refractivity contribution in [3.05, 3.63) is 30.2 Å². The van der Waals surface area contributed by atoms with Crippen molar-refractivity contribution in [2.45, 2.75) is 45.4 Å². The summed E-state index contributed by atoms with van der Waals surface area (Å²) < 4.78 is 10.0. The largest absolute Gasteiger partial charge is 0.463 e. The topological polar surface area (TPSA) is 107 Å². The molecule has 0 saturated carbocycles. The summed E-state index contributed by atoms with van der Waals surface area (Å²) >= 11 is 0. The highest BCUT2D eigenvalue weighted by molar-refractivity contribution is 6.50. The van der Waals surface area contributed by atoms with Crippen molar-refractivity contribution in [1.29, 1.82) is 0 Å². The van der Waals surface area contributed by atoms with Crippen LogP contribution in [0.4, 0.5) is 0 Å². The molecule has 1 aromatic carbocycles. The van der Waals surface area contributed by atoms with Crippen LogP contribution < -0.4 is 0 Å². The lowest BCUT2D eigenvalue weighted by molar-refractivity contribution is -0.155. The van der Waals surface area contributed by atoms with Gasteiger partial charge < -0.3 is 14.1 Å². The van der Waals surface area contributed by atoms with E-state index in [0.717, 1.165) is 32.8 Å². The number of fused-ring (bicyclic) bond motifs is 1. The summed E-state index contributed by atoms with van der Waals surface area (Å²) in [5.41, 5.74) is 0.762. The monoisotopic (exact) mass is 402 g/mol. The molecule has 0 aliphatic carbocycles. The van der Waals surface area contributed by atoms with E-state index in [4.69, 9.17) is 4.42 Å². The molecule has 0 saturated heterocycles. The predicted octanol–water partition coefficient (Wildman–Crippen LogP) is 2.65. The van der Waals surface area contributed by atoms with Gasteiger partial charge in [0.15, 0.2) is 11.5 Å². The molecule has 8 heteroatoms. The van der Waals surface area contributed by atoms with Crippen molar-refractivity contribution < 1.29 is 28.3 Å². The molecule has 1 aromatic heterocycles. The number of carbonyl (C=O) groups excluding carboxylic acids is 4. The van der Waals surface area contributed by atoms with Crippen LogP contribution in [-0.2, 0) is 23.9 Å². The van der Waals surface area contributed by atoms with E-state index in [2.05, 4.69) is 9.72 Å². The molecule has 2 aromatic rings. The number of para-hydroxylation sites is 2. The third-order valence-electron chi connectivity index (χ3n) is 4.53. The summed E-state index contributed by atoms with van der Waals surface area (Å²) in [4.78, 5) is 56.0. The summed E-state index contributed by atoms with van der Waals surface area (Å²) in [5, 5.41) is 0. The fourth-order valence-corrected chi connectivity index (χ4v) is 2.87. The quantitative estimate of drug-likeness (QED) is 0.323. The molecule has 0 fully saturated rings. The number of methoxy groups -OCH3 is 1. The molecule has 1 amide bonds. The number of ketones is 2. The van der Waals surface area contributed by atoms with Crippen molar-refractivity contribution in [1.82, 2.24) is 9.88 Å². The highest BCUT2D eigenvalue weighted by atomic mass is 16.5. The number of hydrogen-bond donors (Lipinski definition) is 0. The molecule has 0 radical (unpaired) electrons. The molecule has 8 nitrogen and oxygen atoms in total. The molecule has 1 atom stereocenters. The van der Waals surface area contributed by atoms with Crippen LogP contribution >= 0.6 is 0 Å². The number of hydrogen-bond acceptors (Lipinski definition) is 7. The number of ether oxygens (including phenoxy) is 1. The first-order valence-corrected chi connectivity index (χ1v) is 9.75. The summed E-state index contributed by atoms with van der Waals surface area (Å²) in [5.74, 6) is -6.33. The van der Waals surface area contributed by atoms with Gasteiger partial charge in [-0.1, -0.05) is 38.8 Å². The Morgan fingerprint density at radius 1 is 1.03 bits per heavy atom. The Kier molecular flexibility index (Phi) is 8.06. The molecule has 0 N–H and O–H groups in total. The van der Waals surface area contributed by atoms with Gasteiger partial charge >= 0.3 is 5.97 Å². The average molecular weight is 402 g/mol. The molecule has 0 unspecified atom stereocenters. The van der Waals surface area contributed by atoms with Crippen LogP contribution in [0.1, 0.15) is 51.3 Å². The van der Waals surface area contributed by atoms with E-state index in [1.165, 1.54) is 4.90 Å². The van der Waals surface area contributed by atoms with Gasteiger partial charge in [0.2, 0.25) is 11.7 Å². The van der Waals surface area contributed by atoms with Crippen molar-refractivity contribution in [3.8, 4) is 0 Å². The number of oxazole rings is 1. The number of amides is 1. The number of nitrogens with zero attached hydrogens (tertiary/aromatic N) is 2. The van der Waals surface area contributed by atoms with E-state index in [9.17, 15) is 19.2 Å². The Morgan fingerprint density at radius 3 is 2.21 bits per heavy atom. The highest BCUT2D eigenvalue weighted by Gasteiger charge is 2.42. The third kappa shape index (κ3) is 5.28. The van der Waals surface area contributed by atoms with Crippen molar-refractivity contribution in [3.63, 3.8) is 0 Å². The van der Waals surface area contributed by atoms with Gasteiger partial charge in [-0.3, -0.25) is 14.4 Å². The molecule has 29 heavy (non-hydrogen) atoms. The Labute approximate surface area is 169 Å². The van der Waals surface area contributed by atoms with Crippen LogP contribution in [0.2, 0.25) is 0 Å². The zero-order valence-corrected chi connectivity index (χ0v) is 17.0. The maximum absolute atomic E-state index is 13.0. The van der Waals surface area contributed by atoms with Gasteiger partial charge in [0.1, 0.15) is 5.52 Å².